The molecule has 5 nitrogen and oxygen atoms in total. The fourth-order valence-corrected chi connectivity index (χ4v) is 3.46. The second-order valence-corrected chi connectivity index (χ2v) is 6.94. The summed E-state index contributed by atoms with van der Waals surface area (Å²) >= 11 is 6.28. The van der Waals surface area contributed by atoms with Crippen molar-refractivity contribution >= 4 is 11.6 Å². The van der Waals surface area contributed by atoms with Gasteiger partial charge in [-0.15, -0.1) is 0 Å². The van der Waals surface area contributed by atoms with Crippen LogP contribution >= 0.6 is 11.6 Å². The summed E-state index contributed by atoms with van der Waals surface area (Å²) < 4.78 is 7.69. The van der Waals surface area contributed by atoms with E-state index in [4.69, 9.17) is 22.2 Å². The van der Waals surface area contributed by atoms with Gasteiger partial charge in [0, 0.05) is 14.2 Å². The molecule has 0 bridgehead atoms. The number of hydrogen-bond donors (Lipinski definition) is 2. The first kappa shape index (κ1) is 15.8. The Hall–Kier alpha value is -0.620. The molecule has 114 valence electrons. The van der Waals surface area contributed by atoms with Gasteiger partial charge in [0.15, 0.2) is 0 Å². The maximum Gasteiger partial charge on any atom is 0.0933 e. The molecule has 1 aliphatic carbocycles. The van der Waals surface area contributed by atoms with E-state index < -0.39 is 0 Å². The van der Waals surface area contributed by atoms with E-state index in [1.54, 1.807) is 18.0 Å². The summed E-state index contributed by atoms with van der Waals surface area (Å²) in [6.45, 7) is 4.60. The van der Waals surface area contributed by atoms with Gasteiger partial charge in [-0.1, -0.05) is 25.4 Å². The van der Waals surface area contributed by atoms with Crippen molar-refractivity contribution in [1.29, 1.82) is 0 Å². The number of hydrogen-bond acceptors (Lipinski definition) is 4. The molecule has 1 aliphatic rings. The van der Waals surface area contributed by atoms with Gasteiger partial charge in [0.25, 0.3) is 0 Å². The first-order valence-electron chi connectivity index (χ1n) is 7.04. The van der Waals surface area contributed by atoms with Crippen LogP contribution in [0, 0.1) is 5.41 Å². The molecule has 6 heteroatoms. The molecule has 3 N–H and O–H groups in total. The highest BCUT2D eigenvalue weighted by Crippen LogP contribution is 2.47. The van der Waals surface area contributed by atoms with Crippen molar-refractivity contribution in [3.8, 4) is 0 Å². The normalized spacial score (nSPS) is 22.7. The van der Waals surface area contributed by atoms with Crippen LogP contribution in [0.3, 0.4) is 0 Å². The second kappa shape index (κ2) is 5.64. The molecule has 1 aromatic heterocycles. The van der Waals surface area contributed by atoms with Crippen LogP contribution in [0.2, 0.25) is 5.02 Å². The van der Waals surface area contributed by atoms with E-state index in [1.807, 2.05) is 7.05 Å². The molecule has 1 atom stereocenters. The number of ether oxygens (including phenoxy) is 1. The first-order chi connectivity index (χ1) is 9.35. The second-order valence-electron chi connectivity index (χ2n) is 6.53. The van der Waals surface area contributed by atoms with Crippen LogP contribution in [0.4, 0.5) is 0 Å². The van der Waals surface area contributed by atoms with Gasteiger partial charge < -0.3 is 4.74 Å². The first-order valence-corrected chi connectivity index (χ1v) is 7.42. The summed E-state index contributed by atoms with van der Waals surface area (Å²) in [6.07, 6.45) is 5.76. The van der Waals surface area contributed by atoms with E-state index in [-0.39, 0.29) is 11.6 Å². The predicted molar refractivity (Wildman–Crippen MR) is 80.3 cm³/mol. The minimum Gasteiger partial charge on any atom is -0.376 e. The highest BCUT2D eigenvalue weighted by Gasteiger charge is 2.46. The number of hydrazine groups is 1. The molecular weight excluding hydrogens is 276 g/mol. The van der Waals surface area contributed by atoms with Crippen LogP contribution in [-0.4, -0.2) is 22.5 Å². The Labute approximate surface area is 125 Å². The largest absolute Gasteiger partial charge is 0.376 e. The summed E-state index contributed by atoms with van der Waals surface area (Å²) in [7, 11) is 3.63. The third kappa shape index (κ3) is 2.72. The zero-order chi connectivity index (χ0) is 15.0. The monoisotopic (exact) mass is 300 g/mol. The lowest BCUT2D eigenvalue weighted by Crippen LogP contribution is -2.51. The molecule has 0 radical (unpaired) electrons. The maximum absolute atomic E-state index is 6.28. The highest BCUT2D eigenvalue weighted by molar-refractivity contribution is 6.31. The molecule has 0 spiro atoms. The average molecular weight is 301 g/mol. The lowest BCUT2D eigenvalue weighted by Gasteiger charge is -2.46. The summed E-state index contributed by atoms with van der Waals surface area (Å²) in [4.78, 5) is 0. The van der Waals surface area contributed by atoms with Crippen molar-refractivity contribution < 1.29 is 4.74 Å². The van der Waals surface area contributed by atoms with Gasteiger partial charge in [0.2, 0.25) is 0 Å². The van der Waals surface area contributed by atoms with Crippen LogP contribution in [0.25, 0.3) is 0 Å². The number of nitrogens with two attached hydrogens (primary N) is 1. The van der Waals surface area contributed by atoms with Crippen molar-refractivity contribution in [2.75, 3.05) is 7.11 Å². The van der Waals surface area contributed by atoms with E-state index in [1.165, 1.54) is 0 Å². The average Bonchev–Trinajstić information content (AvgIpc) is 2.74. The van der Waals surface area contributed by atoms with Crippen molar-refractivity contribution in [2.45, 2.75) is 51.2 Å². The molecule has 20 heavy (non-hydrogen) atoms. The van der Waals surface area contributed by atoms with Gasteiger partial charge in [-0.05, 0) is 31.1 Å². The van der Waals surface area contributed by atoms with E-state index in [0.29, 0.717) is 10.4 Å². The van der Waals surface area contributed by atoms with Crippen LogP contribution in [0.5, 0.6) is 0 Å². The Bertz CT molecular complexity index is 442. The molecule has 1 unspecified atom stereocenters. The molecule has 1 saturated carbocycles. The molecule has 0 aromatic carbocycles. The van der Waals surface area contributed by atoms with Crippen LogP contribution < -0.4 is 11.3 Å². The Morgan fingerprint density at radius 2 is 2.00 bits per heavy atom. The van der Waals surface area contributed by atoms with Crippen LogP contribution in [0.15, 0.2) is 6.20 Å². The molecule has 0 aliphatic heterocycles. The van der Waals surface area contributed by atoms with Crippen molar-refractivity contribution in [3.63, 3.8) is 0 Å². The molecule has 1 heterocycles. The number of nitrogens with zero attached hydrogens (tertiary/aromatic N) is 2. The van der Waals surface area contributed by atoms with E-state index >= 15 is 0 Å². The SMILES string of the molecule is COC1(C(NN)c2c(Cl)cnn2C)CCC(C)(C)CC1. The minimum absolute atomic E-state index is 0.163. The third-order valence-electron chi connectivity index (χ3n) is 4.76. The van der Waals surface area contributed by atoms with E-state index in [0.717, 1.165) is 31.4 Å². The van der Waals surface area contributed by atoms with Crippen molar-refractivity contribution in [2.24, 2.45) is 18.3 Å². The fourth-order valence-electron chi connectivity index (χ4n) is 3.19. The van der Waals surface area contributed by atoms with Crippen molar-refractivity contribution in [3.05, 3.63) is 16.9 Å². The number of nitrogens with one attached hydrogen (secondary N) is 1. The molecule has 1 aromatic rings. The van der Waals surface area contributed by atoms with Gasteiger partial charge in [-0.2, -0.15) is 5.10 Å². The van der Waals surface area contributed by atoms with Gasteiger partial charge >= 0.3 is 0 Å². The maximum atomic E-state index is 6.28. The minimum atomic E-state index is -0.332. The zero-order valence-corrected chi connectivity index (χ0v) is 13.5. The van der Waals surface area contributed by atoms with Crippen molar-refractivity contribution in [1.82, 2.24) is 15.2 Å². The standard InChI is InChI=1S/C14H25ClN4O/c1-13(2)5-7-14(20-4,8-6-13)12(18-16)11-10(15)9-17-19(11)3/h9,12,18H,5-8,16H2,1-4H3. The summed E-state index contributed by atoms with van der Waals surface area (Å²) in [5, 5.41) is 4.83. The summed E-state index contributed by atoms with van der Waals surface area (Å²) in [5.74, 6) is 5.83. The van der Waals surface area contributed by atoms with Gasteiger partial charge in [0.1, 0.15) is 0 Å². The highest BCUT2D eigenvalue weighted by atomic mass is 35.5. The molecular formula is C14H25ClN4O. The van der Waals surface area contributed by atoms with Gasteiger partial charge in [-0.3, -0.25) is 10.5 Å². The molecule has 0 saturated heterocycles. The van der Waals surface area contributed by atoms with E-state index in [2.05, 4.69) is 24.4 Å². The van der Waals surface area contributed by atoms with Gasteiger partial charge in [0.05, 0.1) is 28.6 Å². The number of methoxy groups -OCH3 is 1. The molecule has 2 rings (SSSR count). The quantitative estimate of drug-likeness (QED) is 0.662. The van der Waals surface area contributed by atoms with E-state index in [9.17, 15) is 0 Å². The van der Waals surface area contributed by atoms with Gasteiger partial charge in [-0.25, -0.2) is 5.43 Å². The Morgan fingerprint density at radius 1 is 1.40 bits per heavy atom. The number of aryl methyl sites for hydroxylation is 1. The Kier molecular flexibility index (Phi) is 4.44. The Balaban J connectivity index is 2.34. The Morgan fingerprint density at radius 3 is 2.40 bits per heavy atom. The lowest BCUT2D eigenvalue weighted by atomic mass is 9.68. The number of halogens is 1. The zero-order valence-electron chi connectivity index (χ0n) is 12.7. The van der Waals surface area contributed by atoms with Crippen LogP contribution in [-0.2, 0) is 11.8 Å². The van der Waals surface area contributed by atoms with Crippen LogP contribution in [0.1, 0.15) is 51.3 Å². The number of aromatic nitrogens is 2. The number of rotatable bonds is 4. The summed E-state index contributed by atoms with van der Waals surface area (Å²) in [6, 6.07) is -0.163. The third-order valence-corrected chi connectivity index (χ3v) is 5.05. The lowest BCUT2D eigenvalue weighted by molar-refractivity contribution is -0.0892. The molecule has 0 amide bonds. The molecule has 1 fully saturated rings. The predicted octanol–water partition coefficient (Wildman–Crippen LogP) is 2.56. The fraction of sp³-hybridized carbons (Fsp3) is 0.786. The smallest absolute Gasteiger partial charge is 0.0933 e. The summed E-state index contributed by atoms with van der Waals surface area (Å²) in [5.41, 5.74) is 3.82. The topological polar surface area (TPSA) is 65.1 Å².